The predicted molar refractivity (Wildman–Crippen MR) is 76.0 cm³/mol. The number of nitrogens with one attached hydrogen (secondary N) is 1. The number of non-ortho nitro benzene ring substituents is 1. The van der Waals surface area contributed by atoms with Crippen LogP contribution >= 0.6 is 11.6 Å². The van der Waals surface area contributed by atoms with Crippen molar-refractivity contribution in [2.24, 2.45) is 0 Å². The number of hydrogen-bond donors (Lipinski definition) is 2. The van der Waals surface area contributed by atoms with Gasteiger partial charge >= 0.3 is 0 Å². The first-order valence-electron chi connectivity index (χ1n) is 6.27. The highest BCUT2D eigenvalue weighted by atomic mass is 35.5. The Kier molecular flexibility index (Phi) is 5.47. The Labute approximate surface area is 121 Å². The van der Waals surface area contributed by atoms with Gasteiger partial charge in [-0.25, -0.2) is 0 Å². The average Bonchev–Trinajstić information content (AvgIpc) is 2.44. The van der Waals surface area contributed by atoms with E-state index >= 15 is 0 Å². The molecule has 0 radical (unpaired) electrons. The normalized spacial score (nSPS) is 11.2. The number of nitro benzene ring substituents is 1. The van der Waals surface area contributed by atoms with Gasteiger partial charge in [0, 0.05) is 18.7 Å². The molecule has 2 N–H and O–H groups in total. The van der Waals surface area contributed by atoms with Gasteiger partial charge < -0.3 is 10.4 Å². The van der Waals surface area contributed by atoms with E-state index in [1.54, 1.807) is 0 Å². The van der Waals surface area contributed by atoms with Gasteiger partial charge in [-0.3, -0.25) is 14.9 Å². The van der Waals surface area contributed by atoms with E-state index in [-0.39, 0.29) is 22.8 Å². The zero-order valence-electron chi connectivity index (χ0n) is 11.4. The molecule has 0 saturated heterocycles. The van der Waals surface area contributed by atoms with Crippen LogP contribution in [-0.4, -0.2) is 28.1 Å². The van der Waals surface area contributed by atoms with E-state index in [2.05, 4.69) is 5.32 Å². The Morgan fingerprint density at radius 3 is 2.50 bits per heavy atom. The van der Waals surface area contributed by atoms with Crippen LogP contribution in [0.1, 0.15) is 37.0 Å². The Hall–Kier alpha value is -1.66. The van der Waals surface area contributed by atoms with Crippen molar-refractivity contribution in [3.05, 3.63) is 38.9 Å². The number of nitrogens with zero attached hydrogens (tertiary/aromatic N) is 1. The molecular weight excluding hydrogens is 284 g/mol. The summed E-state index contributed by atoms with van der Waals surface area (Å²) in [5.74, 6) is -0.467. The Balaban J connectivity index is 2.81. The van der Waals surface area contributed by atoms with Gasteiger partial charge in [-0.1, -0.05) is 25.4 Å². The standard InChI is InChI=1S/C13H17ClN2O4/c1-3-13(18,4-2)8-15-12(17)10-6-5-9(16(19)20)7-11(10)14/h5-7,18H,3-4,8H2,1-2H3,(H,15,17). The smallest absolute Gasteiger partial charge is 0.270 e. The lowest BCUT2D eigenvalue weighted by molar-refractivity contribution is -0.384. The van der Waals surface area contributed by atoms with E-state index in [1.165, 1.54) is 12.1 Å². The van der Waals surface area contributed by atoms with Gasteiger partial charge in [0.05, 0.1) is 21.1 Å². The first-order chi connectivity index (χ1) is 9.33. The van der Waals surface area contributed by atoms with E-state index in [9.17, 15) is 20.0 Å². The third-order valence-electron chi connectivity index (χ3n) is 3.30. The number of halogens is 1. The monoisotopic (exact) mass is 300 g/mol. The molecule has 0 aliphatic heterocycles. The largest absolute Gasteiger partial charge is 0.388 e. The Morgan fingerprint density at radius 2 is 2.05 bits per heavy atom. The van der Waals surface area contributed by atoms with Gasteiger partial charge in [0.15, 0.2) is 0 Å². The van der Waals surface area contributed by atoms with Crippen LogP contribution in [0.25, 0.3) is 0 Å². The van der Waals surface area contributed by atoms with Crippen LogP contribution in [0.2, 0.25) is 5.02 Å². The average molecular weight is 301 g/mol. The molecule has 0 aliphatic carbocycles. The van der Waals surface area contributed by atoms with E-state index < -0.39 is 16.4 Å². The number of carbonyl (C=O) groups is 1. The second-order valence-corrected chi connectivity index (χ2v) is 4.94. The van der Waals surface area contributed by atoms with Crippen molar-refractivity contribution in [3.8, 4) is 0 Å². The number of aliphatic hydroxyl groups is 1. The van der Waals surface area contributed by atoms with E-state index in [4.69, 9.17) is 11.6 Å². The molecular formula is C13H17ClN2O4. The maximum absolute atomic E-state index is 11.9. The molecule has 0 aliphatic rings. The molecule has 20 heavy (non-hydrogen) atoms. The molecule has 1 aromatic rings. The molecule has 1 aromatic carbocycles. The summed E-state index contributed by atoms with van der Waals surface area (Å²) in [6.45, 7) is 3.76. The molecule has 110 valence electrons. The van der Waals surface area contributed by atoms with Crippen LogP contribution in [-0.2, 0) is 0 Å². The van der Waals surface area contributed by atoms with Crippen molar-refractivity contribution >= 4 is 23.2 Å². The third kappa shape index (κ3) is 3.91. The van der Waals surface area contributed by atoms with Gasteiger partial charge in [-0.15, -0.1) is 0 Å². The van der Waals surface area contributed by atoms with Crippen LogP contribution in [0.4, 0.5) is 5.69 Å². The third-order valence-corrected chi connectivity index (χ3v) is 3.62. The number of nitro groups is 1. The Morgan fingerprint density at radius 1 is 1.45 bits per heavy atom. The topological polar surface area (TPSA) is 92.5 Å². The van der Waals surface area contributed by atoms with Crippen molar-refractivity contribution in [1.82, 2.24) is 5.32 Å². The lowest BCUT2D eigenvalue weighted by Crippen LogP contribution is -2.42. The molecule has 0 atom stereocenters. The summed E-state index contributed by atoms with van der Waals surface area (Å²) in [6, 6.07) is 3.64. The highest BCUT2D eigenvalue weighted by Gasteiger charge is 2.24. The van der Waals surface area contributed by atoms with Crippen molar-refractivity contribution in [2.75, 3.05) is 6.54 Å². The maximum Gasteiger partial charge on any atom is 0.270 e. The summed E-state index contributed by atoms with van der Waals surface area (Å²) >= 11 is 5.86. The molecule has 6 nitrogen and oxygen atoms in total. The van der Waals surface area contributed by atoms with E-state index in [0.29, 0.717) is 12.8 Å². The molecule has 0 spiro atoms. The molecule has 0 saturated carbocycles. The number of rotatable bonds is 6. The fourth-order valence-electron chi connectivity index (χ4n) is 1.64. The van der Waals surface area contributed by atoms with Crippen LogP contribution in [0, 0.1) is 10.1 Å². The van der Waals surface area contributed by atoms with Gasteiger partial charge in [0.1, 0.15) is 0 Å². The highest BCUT2D eigenvalue weighted by molar-refractivity contribution is 6.34. The number of amides is 1. The zero-order valence-corrected chi connectivity index (χ0v) is 12.1. The Bertz CT molecular complexity index is 515. The maximum atomic E-state index is 11.9. The molecule has 1 rings (SSSR count). The summed E-state index contributed by atoms with van der Waals surface area (Å²) in [4.78, 5) is 21.9. The predicted octanol–water partition coefficient (Wildman–Crippen LogP) is 2.53. The lowest BCUT2D eigenvalue weighted by atomic mass is 9.97. The van der Waals surface area contributed by atoms with Crippen molar-refractivity contribution < 1.29 is 14.8 Å². The molecule has 7 heteroatoms. The SMILES string of the molecule is CCC(O)(CC)CNC(=O)c1ccc([N+](=O)[O-])cc1Cl. The number of benzene rings is 1. The minimum absolute atomic E-state index is 0.00763. The first-order valence-corrected chi connectivity index (χ1v) is 6.65. The minimum atomic E-state index is -0.955. The van der Waals surface area contributed by atoms with E-state index in [1.807, 2.05) is 13.8 Å². The van der Waals surface area contributed by atoms with Crippen LogP contribution < -0.4 is 5.32 Å². The van der Waals surface area contributed by atoms with Crippen LogP contribution in [0.15, 0.2) is 18.2 Å². The van der Waals surface area contributed by atoms with Crippen LogP contribution in [0.5, 0.6) is 0 Å². The zero-order chi connectivity index (χ0) is 15.3. The lowest BCUT2D eigenvalue weighted by Gasteiger charge is -2.25. The summed E-state index contributed by atoms with van der Waals surface area (Å²) in [7, 11) is 0. The molecule has 1 amide bonds. The second kappa shape index (κ2) is 6.67. The van der Waals surface area contributed by atoms with Gasteiger partial charge in [0.2, 0.25) is 0 Å². The molecule has 0 heterocycles. The van der Waals surface area contributed by atoms with Crippen LogP contribution in [0.3, 0.4) is 0 Å². The first kappa shape index (κ1) is 16.4. The van der Waals surface area contributed by atoms with Gasteiger partial charge in [-0.2, -0.15) is 0 Å². The molecule has 0 bridgehead atoms. The fraction of sp³-hybridized carbons (Fsp3) is 0.462. The number of hydrogen-bond acceptors (Lipinski definition) is 4. The minimum Gasteiger partial charge on any atom is -0.388 e. The molecule has 0 aromatic heterocycles. The summed E-state index contributed by atoms with van der Waals surface area (Å²) in [5, 5.41) is 23.3. The number of carbonyl (C=O) groups excluding carboxylic acids is 1. The fourth-order valence-corrected chi connectivity index (χ4v) is 1.90. The van der Waals surface area contributed by atoms with Crippen molar-refractivity contribution in [2.45, 2.75) is 32.3 Å². The second-order valence-electron chi connectivity index (χ2n) is 4.54. The van der Waals surface area contributed by atoms with E-state index in [0.717, 1.165) is 6.07 Å². The summed E-state index contributed by atoms with van der Waals surface area (Å²) < 4.78 is 0. The van der Waals surface area contributed by atoms with Crippen molar-refractivity contribution in [1.29, 1.82) is 0 Å². The highest BCUT2D eigenvalue weighted by Crippen LogP contribution is 2.22. The quantitative estimate of drug-likeness (QED) is 0.623. The molecule has 0 unspecified atom stereocenters. The van der Waals surface area contributed by atoms with Gasteiger partial charge in [-0.05, 0) is 18.9 Å². The summed E-state index contributed by atoms with van der Waals surface area (Å²) in [5.41, 5.74) is -0.986. The van der Waals surface area contributed by atoms with Gasteiger partial charge in [0.25, 0.3) is 11.6 Å². The molecule has 0 fully saturated rings. The van der Waals surface area contributed by atoms with Crippen molar-refractivity contribution in [3.63, 3.8) is 0 Å². The summed E-state index contributed by atoms with van der Waals surface area (Å²) in [6.07, 6.45) is 1.02.